The molecule has 0 aromatic carbocycles. The molecule has 0 N–H and O–H groups in total. The van der Waals surface area contributed by atoms with Gasteiger partial charge in [0.15, 0.2) is 0 Å². The first-order chi connectivity index (χ1) is 4.80. The first kappa shape index (κ1) is 9.67. The summed E-state index contributed by atoms with van der Waals surface area (Å²) in [6, 6.07) is 0. The minimum absolute atomic E-state index is 0.133. The topological polar surface area (TPSA) is 17.1 Å². The van der Waals surface area contributed by atoms with Gasteiger partial charge in [0.25, 0.3) is 6.79 Å². The Balaban J connectivity index is 0.000000371. The summed E-state index contributed by atoms with van der Waals surface area (Å²) in [6.07, 6.45) is 7.87. The molecule has 0 aromatic rings. The van der Waals surface area contributed by atoms with E-state index in [9.17, 15) is 0 Å². The smallest absolute Gasteiger partial charge is 0.281 e. The quantitative estimate of drug-likeness (QED) is 0.562. The second-order valence-electron chi connectivity index (χ2n) is 2.00. The molecule has 0 aromatic heterocycles. The van der Waals surface area contributed by atoms with Gasteiger partial charge in [-0.1, -0.05) is 0 Å². The first-order valence-corrected chi connectivity index (χ1v) is 5.82. The van der Waals surface area contributed by atoms with Gasteiger partial charge in [-0.2, -0.15) is 0 Å². The van der Waals surface area contributed by atoms with E-state index in [1.54, 1.807) is 4.47 Å². The van der Waals surface area contributed by atoms with E-state index in [1.807, 2.05) is 0 Å². The molecule has 1 aliphatic rings. The maximum Gasteiger partial charge on any atom is 0.281 e. The Morgan fingerprint density at radius 2 is 2.10 bits per heavy atom. The molecule has 0 aliphatic heterocycles. The standard InChI is InChI=1S/C5H5.CO.2CH3.Mn/c1-2-4-5-3-1;1-2;;;/h1-3H,4H2;;2*1H3;. The van der Waals surface area contributed by atoms with Crippen LogP contribution in [0.15, 0.2) is 22.7 Å². The number of hydrogen-bond donors (Lipinski definition) is 0. The molecule has 10 heavy (non-hydrogen) atoms. The predicted octanol–water partition coefficient (Wildman–Crippen LogP) is 2.15. The van der Waals surface area contributed by atoms with E-state index < -0.39 is 0 Å². The first-order valence-electron chi connectivity index (χ1n) is 2.87. The molecule has 0 atom stereocenters. The number of carbonyl (C=O) groups excluding carboxylic acids is 1. The molecular weight excluding hydrogens is 167 g/mol. The summed E-state index contributed by atoms with van der Waals surface area (Å²) in [5.74, 6) is 4.68. The van der Waals surface area contributed by atoms with E-state index in [0.717, 1.165) is 0 Å². The van der Waals surface area contributed by atoms with Gasteiger partial charge in [0.2, 0.25) is 0 Å². The van der Waals surface area contributed by atoms with Crippen LogP contribution in [0.4, 0.5) is 0 Å². The third kappa shape index (κ3) is 3.00. The van der Waals surface area contributed by atoms with Crippen molar-refractivity contribution in [3.8, 4) is 0 Å². The van der Waals surface area contributed by atoms with Crippen molar-refractivity contribution in [1.82, 2.24) is 0 Å². The van der Waals surface area contributed by atoms with Crippen LogP contribution in [-0.4, -0.2) is 6.79 Å². The van der Waals surface area contributed by atoms with Crippen LogP contribution >= 0.6 is 0 Å². The third-order valence-corrected chi connectivity index (χ3v) is 3.17. The van der Waals surface area contributed by atoms with Gasteiger partial charge in [-0.25, -0.2) is 0 Å². The summed E-state index contributed by atoms with van der Waals surface area (Å²) in [5.41, 5.74) is 0. The van der Waals surface area contributed by atoms with Crippen molar-refractivity contribution in [2.75, 3.05) is 0 Å². The third-order valence-electron chi connectivity index (χ3n) is 1.21. The van der Waals surface area contributed by atoms with Gasteiger partial charge < -0.3 is 0 Å². The summed E-state index contributed by atoms with van der Waals surface area (Å²) in [5, 5.41) is 0. The molecule has 0 heterocycles. The molecule has 2 radical (unpaired) electrons. The molecule has 2 heteroatoms. The van der Waals surface area contributed by atoms with E-state index in [2.05, 4.69) is 36.7 Å². The summed E-state index contributed by atoms with van der Waals surface area (Å²) in [7, 11) is 0. The molecule has 1 rings (SSSR count). The minimum Gasteiger partial charge on any atom is -0.281 e. The molecule has 1 aliphatic carbocycles. The van der Waals surface area contributed by atoms with E-state index in [4.69, 9.17) is 4.79 Å². The van der Waals surface area contributed by atoms with Gasteiger partial charge in [-0.05, 0) is 0 Å². The molecule has 0 fully saturated rings. The molecule has 0 saturated heterocycles. The SMILES string of the molecule is [CH3][Mn]([CH3])[C]1=CC=CC1.[C]=O. The Hall–Kier alpha value is -0.331. The van der Waals surface area contributed by atoms with Crippen LogP contribution < -0.4 is 0 Å². The van der Waals surface area contributed by atoms with E-state index in [0.29, 0.717) is 0 Å². The average Bonchev–Trinajstić information content (AvgIpc) is 2.42. The molecule has 1 nitrogen and oxygen atoms in total. The van der Waals surface area contributed by atoms with Crippen molar-refractivity contribution in [3.63, 3.8) is 0 Å². The van der Waals surface area contributed by atoms with Crippen molar-refractivity contribution in [2.45, 2.75) is 18.1 Å². The van der Waals surface area contributed by atoms with Crippen LogP contribution in [0.5, 0.6) is 0 Å². The fraction of sp³-hybridized carbons (Fsp3) is 0.375. The molecule has 0 amide bonds. The summed E-state index contributed by atoms with van der Waals surface area (Å²) >= 11 is -0.133. The van der Waals surface area contributed by atoms with Crippen LogP contribution in [0.3, 0.4) is 0 Å². The Labute approximate surface area is 66.7 Å². The molecule has 0 unspecified atom stereocenters. The predicted molar refractivity (Wildman–Crippen MR) is 39.3 cm³/mol. The second kappa shape index (κ2) is 5.45. The van der Waals surface area contributed by atoms with Crippen LogP contribution in [0.1, 0.15) is 6.42 Å². The van der Waals surface area contributed by atoms with Gasteiger partial charge in [0.1, 0.15) is 0 Å². The normalized spacial score (nSPS) is 15.4. The number of allylic oxidation sites excluding steroid dienone is 4. The van der Waals surface area contributed by atoms with Crippen molar-refractivity contribution in [2.24, 2.45) is 0 Å². The fourth-order valence-corrected chi connectivity index (χ4v) is 1.83. The zero-order valence-electron chi connectivity index (χ0n) is 6.23. The molecule has 0 bridgehead atoms. The zero-order valence-corrected chi connectivity index (χ0v) is 7.41. The van der Waals surface area contributed by atoms with Crippen molar-refractivity contribution < 1.29 is 18.7 Å². The summed E-state index contributed by atoms with van der Waals surface area (Å²) < 4.78 is 1.66. The Kier molecular flexibility index (Phi) is 5.27. The molecular formula is C8H11MnO. The Bertz CT molecular complexity index is 147. The van der Waals surface area contributed by atoms with Crippen molar-refractivity contribution in [1.29, 1.82) is 0 Å². The van der Waals surface area contributed by atoms with E-state index in [1.165, 1.54) is 6.42 Å². The monoisotopic (exact) mass is 178 g/mol. The van der Waals surface area contributed by atoms with Crippen LogP contribution in [0.2, 0.25) is 11.6 Å². The summed E-state index contributed by atoms with van der Waals surface area (Å²) in [4.78, 5) is 7.50. The van der Waals surface area contributed by atoms with Gasteiger partial charge in [-0.3, -0.25) is 4.79 Å². The largest absolute Gasteiger partial charge is 0.281 e. The average molecular weight is 178 g/mol. The maximum atomic E-state index is 7.50. The van der Waals surface area contributed by atoms with E-state index in [-0.39, 0.29) is 13.9 Å². The number of hydrogen-bond acceptors (Lipinski definition) is 1. The zero-order chi connectivity index (χ0) is 7.98. The van der Waals surface area contributed by atoms with Crippen molar-refractivity contribution in [3.05, 3.63) is 22.7 Å². The maximum absolute atomic E-state index is 7.50. The van der Waals surface area contributed by atoms with Gasteiger partial charge in [0.05, 0.1) is 0 Å². The molecule has 56 valence electrons. The van der Waals surface area contributed by atoms with Gasteiger partial charge in [0, 0.05) is 0 Å². The van der Waals surface area contributed by atoms with Gasteiger partial charge in [-0.15, -0.1) is 0 Å². The van der Waals surface area contributed by atoms with Crippen LogP contribution in [-0.2, 0) is 18.7 Å². The summed E-state index contributed by atoms with van der Waals surface area (Å²) in [6.45, 7) is 4.50. The van der Waals surface area contributed by atoms with E-state index >= 15 is 0 Å². The Morgan fingerprint density at radius 3 is 2.30 bits per heavy atom. The van der Waals surface area contributed by atoms with Gasteiger partial charge >= 0.3 is 54.7 Å². The Morgan fingerprint density at radius 1 is 1.50 bits per heavy atom. The minimum atomic E-state index is -0.133. The molecule has 0 spiro atoms. The van der Waals surface area contributed by atoms with Crippen LogP contribution in [0, 0.1) is 0 Å². The fourth-order valence-electron chi connectivity index (χ4n) is 0.701. The van der Waals surface area contributed by atoms with Crippen LogP contribution in [0.25, 0.3) is 0 Å². The second-order valence-corrected chi connectivity index (χ2v) is 5.12. The van der Waals surface area contributed by atoms with Crippen molar-refractivity contribution >= 4 is 6.79 Å². The number of rotatable bonds is 1. The molecule has 0 saturated carbocycles.